The summed E-state index contributed by atoms with van der Waals surface area (Å²) in [5.74, 6) is -3.45. The number of amides is 2. The summed E-state index contributed by atoms with van der Waals surface area (Å²) < 4.78 is 40.0. The van der Waals surface area contributed by atoms with Gasteiger partial charge in [-0.1, -0.05) is 26.8 Å². The Morgan fingerprint density at radius 2 is 1.86 bits per heavy atom. The third-order valence-electron chi connectivity index (χ3n) is 5.24. The molecular formula is C23H30F3N7O3. The van der Waals surface area contributed by atoms with E-state index in [1.165, 1.54) is 18.3 Å². The van der Waals surface area contributed by atoms with Crippen LogP contribution in [0.4, 0.5) is 19.0 Å². The summed E-state index contributed by atoms with van der Waals surface area (Å²) in [7, 11) is 0. The fraction of sp³-hybridized carbons (Fsp3) is 0.435. The standard InChI is InChI=1S/C23H30F3N7O3/c1-11(21(36)31-16(34)8-14(27)9-22(3,4)5)13-6-7-15(30-10-13)18-17(20(29)35)19(28)33(32-18)12(2)23(24,25)26/h6-8,10-12,27,34H,9,28H2,1-5H3,(H2,29,35)(H,31,36)/b16-8-,27-14?. The van der Waals surface area contributed by atoms with Crippen LogP contribution in [0.2, 0.25) is 0 Å². The van der Waals surface area contributed by atoms with E-state index in [0.717, 1.165) is 13.0 Å². The van der Waals surface area contributed by atoms with Crippen molar-refractivity contribution in [3.63, 3.8) is 0 Å². The van der Waals surface area contributed by atoms with Gasteiger partial charge in [0, 0.05) is 18.0 Å². The van der Waals surface area contributed by atoms with E-state index in [-0.39, 0.29) is 22.5 Å². The highest BCUT2D eigenvalue weighted by molar-refractivity contribution is 6.03. The largest absolute Gasteiger partial charge is 0.494 e. The highest BCUT2D eigenvalue weighted by Gasteiger charge is 2.40. The topological polar surface area (TPSA) is 173 Å². The zero-order valence-electron chi connectivity index (χ0n) is 20.6. The fourth-order valence-electron chi connectivity index (χ4n) is 3.31. The molecule has 2 unspecified atom stereocenters. The minimum atomic E-state index is -4.67. The molecule has 2 aromatic heterocycles. The Labute approximate surface area is 206 Å². The SMILES string of the molecule is CC(C(=O)N/C(O)=C/C(=N)CC(C)(C)C)c1ccc(-c2nn(C(C)C(F)(F)F)c(N)c2C(N)=O)nc1. The zero-order valence-corrected chi connectivity index (χ0v) is 20.6. The van der Waals surface area contributed by atoms with Crippen LogP contribution in [0, 0.1) is 10.8 Å². The van der Waals surface area contributed by atoms with E-state index in [1.54, 1.807) is 6.92 Å². The third kappa shape index (κ3) is 6.83. The number of nitrogens with zero attached hydrogens (tertiary/aromatic N) is 3. The van der Waals surface area contributed by atoms with Gasteiger partial charge in [-0.15, -0.1) is 0 Å². The van der Waals surface area contributed by atoms with Gasteiger partial charge in [-0.25, -0.2) is 4.68 Å². The molecule has 0 bridgehead atoms. The number of hydrogen-bond acceptors (Lipinski definition) is 7. The number of halogens is 3. The maximum Gasteiger partial charge on any atom is 0.410 e. The first-order valence-electron chi connectivity index (χ1n) is 10.9. The third-order valence-corrected chi connectivity index (χ3v) is 5.24. The maximum atomic E-state index is 13.2. The van der Waals surface area contributed by atoms with Crippen molar-refractivity contribution < 1.29 is 27.9 Å². The molecule has 196 valence electrons. The molecule has 0 saturated carbocycles. The van der Waals surface area contributed by atoms with Gasteiger partial charge in [-0.2, -0.15) is 18.3 Å². The monoisotopic (exact) mass is 509 g/mol. The smallest absolute Gasteiger partial charge is 0.410 e. The molecule has 36 heavy (non-hydrogen) atoms. The number of rotatable bonds is 8. The molecular weight excluding hydrogens is 479 g/mol. The second kappa shape index (κ2) is 10.4. The Morgan fingerprint density at radius 3 is 2.33 bits per heavy atom. The molecule has 0 aromatic carbocycles. The van der Waals surface area contributed by atoms with E-state index in [0.29, 0.717) is 16.7 Å². The summed E-state index contributed by atoms with van der Waals surface area (Å²) in [6, 6.07) is 0.727. The van der Waals surface area contributed by atoms with Gasteiger partial charge >= 0.3 is 6.18 Å². The van der Waals surface area contributed by atoms with Crippen LogP contribution in [0.1, 0.15) is 68.9 Å². The van der Waals surface area contributed by atoms with Crippen LogP contribution in [0.3, 0.4) is 0 Å². The number of hydrogen-bond donors (Lipinski definition) is 5. The van der Waals surface area contributed by atoms with E-state index < -0.39 is 47.2 Å². The van der Waals surface area contributed by atoms with E-state index in [9.17, 15) is 27.9 Å². The first-order valence-corrected chi connectivity index (χ1v) is 10.9. The Hall–Kier alpha value is -3.90. The summed E-state index contributed by atoms with van der Waals surface area (Å²) in [6.07, 6.45) is -1.83. The van der Waals surface area contributed by atoms with Gasteiger partial charge < -0.3 is 22.0 Å². The fourth-order valence-corrected chi connectivity index (χ4v) is 3.31. The predicted octanol–water partition coefficient (Wildman–Crippen LogP) is 3.82. The summed E-state index contributed by atoms with van der Waals surface area (Å²) in [4.78, 5) is 28.6. The number of primary amides is 1. The summed E-state index contributed by atoms with van der Waals surface area (Å²) in [5.41, 5.74) is 10.9. The van der Waals surface area contributed by atoms with Gasteiger partial charge in [-0.3, -0.25) is 19.9 Å². The Kier molecular flexibility index (Phi) is 8.17. The molecule has 2 amide bonds. The number of nitrogens with two attached hydrogens (primary N) is 2. The van der Waals surface area contributed by atoms with Gasteiger partial charge in [0.25, 0.3) is 5.91 Å². The van der Waals surface area contributed by atoms with Crippen LogP contribution in [0.25, 0.3) is 11.4 Å². The number of pyridine rings is 1. The lowest BCUT2D eigenvalue weighted by Crippen LogP contribution is -2.28. The lowest BCUT2D eigenvalue weighted by molar-refractivity contribution is -0.164. The molecule has 0 aliphatic rings. The molecule has 0 aliphatic carbocycles. The molecule has 2 atom stereocenters. The number of nitrogens with one attached hydrogen (secondary N) is 2. The van der Waals surface area contributed by atoms with Crippen molar-refractivity contribution >= 4 is 23.3 Å². The van der Waals surface area contributed by atoms with Crippen molar-refractivity contribution in [3.05, 3.63) is 41.4 Å². The lowest BCUT2D eigenvalue weighted by Gasteiger charge is -2.17. The summed E-state index contributed by atoms with van der Waals surface area (Å²) >= 11 is 0. The van der Waals surface area contributed by atoms with Crippen LogP contribution in [-0.2, 0) is 4.79 Å². The van der Waals surface area contributed by atoms with Crippen LogP contribution < -0.4 is 16.8 Å². The molecule has 13 heteroatoms. The molecule has 0 spiro atoms. The maximum absolute atomic E-state index is 13.2. The van der Waals surface area contributed by atoms with E-state index in [4.69, 9.17) is 16.9 Å². The van der Waals surface area contributed by atoms with E-state index in [1.807, 2.05) is 20.8 Å². The van der Waals surface area contributed by atoms with Crippen LogP contribution in [0.15, 0.2) is 30.3 Å². The van der Waals surface area contributed by atoms with E-state index in [2.05, 4.69) is 15.4 Å². The quantitative estimate of drug-likeness (QED) is 0.267. The summed E-state index contributed by atoms with van der Waals surface area (Å²) in [5, 5.41) is 24.1. The Balaban J connectivity index is 2.27. The first kappa shape index (κ1) is 28.3. The number of aliphatic hydroxyl groups excluding tert-OH is 1. The van der Waals surface area contributed by atoms with Crippen LogP contribution in [0.5, 0.6) is 0 Å². The van der Waals surface area contributed by atoms with Crippen molar-refractivity contribution in [1.82, 2.24) is 20.1 Å². The molecule has 0 aliphatic heterocycles. The lowest BCUT2D eigenvalue weighted by atomic mass is 9.89. The predicted molar refractivity (Wildman–Crippen MR) is 128 cm³/mol. The number of carbonyl (C=O) groups excluding carboxylic acids is 2. The number of anilines is 1. The average Bonchev–Trinajstić information content (AvgIpc) is 3.07. The second-order valence-electron chi connectivity index (χ2n) is 9.62. The first-order chi connectivity index (χ1) is 16.4. The molecule has 2 aromatic rings. The van der Waals surface area contributed by atoms with Crippen molar-refractivity contribution in [2.24, 2.45) is 11.1 Å². The summed E-state index contributed by atoms with van der Waals surface area (Å²) in [6.45, 7) is 8.19. The van der Waals surface area contributed by atoms with Crippen LogP contribution >= 0.6 is 0 Å². The molecule has 0 radical (unpaired) electrons. The number of alkyl halides is 3. The highest BCUT2D eigenvalue weighted by atomic mass is 19.4. The molecule has 2 heterocycles. The second-order valence-corrected chi connectivity index (χ2v) is 9.62. The highest BCUT2D eigenvalue weighted by Crippen LogP contribution is 2.35. The number of aliphatic hydroxyl groups is 1. The van der Waals surface area contributed by atoms with Gasteiger partial charge in [0.2, 0.25) is 5.91 Å². The minimum absolute atomic E-state index is 0.0263. The van der Waals surface area contributed by atoms with Gasteiger partial charge in [-0.05, 0) is 37.3 Å². The van der Waals surface area contributed by atoms with Crippen LogP contribution in [-0.4, -0.2) is 43.6 Å². The molecule has 0 fully saturated rings. The number of nitrogen functional groups attached to an aromatic ring is 1. The number of aromatic nitrogens is 3. The molecule has 0 saturated heterocycles. The Bertz CT molecular complexity index is 1180. The molecule has 7 N–H and O–H groups in total. The van der Waals surface area contributed by atoms with Crippen molar-refractivity contribution in [1.29, 1.82) is 5.41 Å². The minimum Gasteiger partial charge on any atom is -0.494 e. The van der Waals surface area contributed by atoms with Gasteiger partial charge in [0.1, 0.15) is 23.1 Å². The normalized spacial score (nSPS) is 14.3. The molecule has 2 rings (SSSR count). The number of carbonyl (C=O) groups is 2. The molecule has 10 nitrogen and oxygen atoms in total. The Morgan fingerprint density at radius 1 is 1.25 bits per heavy atom. The number of allylic oxidation sites excluding steroid dienone is 1. The van der Waals surface area contributed by atoms with Gasteiger partial charge in [0.05, 0.1) is 11.6 Å². The van der Waals surface area contributed by atoms with Crippen molar-refractivity contribution in [3.8, 4) is 11.4 Å². The van der Waals surface area contributed by atoms with Crippen molar-refractivity contribution in [2.45, 2.75) is 59.2 Å². The average molecular weight is 510 g/mol. The van der Waals surface area contributed by atoms with Crippen molar-refractivity contribution in [2.75, 3.05) is 5.73 Å². The zero-order chi connectivity index (χ0) is 27.6. The van der Waals surface area contributed by atoms with Gasteiger partial charge in [0.15, 0.2) is 5.88 Å². The van der Waals surface area contributed by atoms with E-state index >= 15 is 0 Å².